The van der Waals surface area contributed by atoms with Crippen LogP contribution in [0.5, 0.6) is 0 Å². The first kappa shape index (κ1) is 12.8. The van der Waals surface area contributed by atoms with E-state index in [0.29, 0.717) is 0 Å². The lowest BCUT2D eigenvalue weighted by molar-refractivity contribution is -0.186. The Morgan fingerprint density at radius 2 is 1.89 bits per heavy atom. The number of nitrogens with two attached hydrogens (primary N) is 1. The zero-order valence-corrected chi connectivity index (χ0v) is 9.72. The average Bonchev–Trinajstić information content (AvgIpc) is 2.55. The van der Waals surface area contributed by atoms with E-state index in [4.69, 9.17) is 5.73 Å². The minimum Gasteiger partial charge on any atom is -0.329 e. The van der Waals surface area contributed by atoms with Crippen molar-refractivity contribution in [3.05, 3.63) is 29.8 Å². The van der Waals surface area contributed by atoms with Crippen LogP contribution in [0.15, 0.2) is 18.2 Å². The molecular weight excluding hydrogens is 250 g/mol. The SMILES string of the molecule is Cn1c(C(C)(N)C(F)(F)F)nc2ccc(F)cc21. The third kappa shape index (κ3) is 1.74. The lowest BCUT2D eigenvalue weighted by Gasteiger charge is -2.26. The molecule has 0 radical (unpaired) electrons. The molecule has 98 valence electrons. The molecule has 1 aromatic carbocycles. The molecule has 3 nitrogen and oxygen atoms in total. The summed E-state index contributed by atoms with van der Waals surface area (Å²) in [5.41, 5.74) is 3.27. The molecule has 0 aliphatic heterocycles. The van der Waals surface area contributed by atoms with E-state index in [9.17, 15) is 17.6 Å². The van der Waals surface area contributed by atoms with Crippen LogP contribution in [0.4, 0.5) is 17.6 Å². The number of hydrogen-bond donors (Lipinski definition) is 1. The Morgan fingerprint density at radius 1 is 1.28 bits per heavy atom. The Balaban J connectivity index is 2.70. The van der Waals surface area contributed by atoms with Crippen molar-refractivity contribution in [1.82, 2.24) is 9.55 Å². The van der Waals surface area contributed by atoms with E-state index >= 15 is 0 Å². The molecule has 1 heterocycles. The van der Waals surface area contributed by atoms with Gasteiger partial charge in [0.15, 0.2) is 5.54 Å². The van der Waals surface area contributed by atoms with Crippen LogP contribution < -0.4 is 5.73 Å². The van der Waals surface area contributed by atoms with E-state index in [1.54, 1.807) is 0 Å². The number of hydrogen-bond acceptors (Lipinski definition) is 2. The molecular formula is C11H11F4N3. The fourth-order valence-electron chi connectivity index (χ4n) is 1.75. The summed E-state index contributed by atoms with van der Waals surface area (Å²) in [6.07, 6.45) is -4.64. The molecule has 7 heteroatoms. The number of rotatable bonds is 1. The average molecular weight is 261 g/mol. The number of benzene rings is 1. The normalized spacial score (nSPS) is 15.9. The molecule has 0 amide bonds. The van der Waals surface area contributed by atoms with Crippen LogP contribution in [0.25, 0.3) is 11.0 Å². The molecule has 2 rings (SSSR count). The van der Waals surface area contributed by atoms with Gasteiger partial charge in [0, 0.05) is 7.05 Å². The van der Waals surface area contributed by atoms with Crippen LogP contribution >= 0.6 is 0 Å². The Labute approximate surface area is 100 Å². The molecule has 1 atom stereocenters. The fourth-order valence-corrected chi connectivity index (χ4v) is 1.75. The predicted molar refractivity (Wildman–Crippen MR) is 58.3 cm³/mol. The zero-order chi connectivity index (χ0) is 13.7. The van der Waals surface area contributed by atoms with Gasteiger partial charge >= 0.3 is 6.18 Å². The van der Waals surface area contributed by atoms with Crippen molar-refractivity contribution in [3.8, 4) is 0 Å². The number of halogens is 4. The van der Waals surface area contributed by atoms with Crippen molar-refractivity contribution >= 4 is 11.0 Å². The molecule has 2 N–H and O–H groups in total. The van der Waals surface area contributed by atoms with E-state index in [0.717, 1.165) is 23.6 Å². The summed E-state index contributed by atoms with van der Waals surface area (Å²) in [5.74, 6) is -0.890. The van der Waals surface area contributed by atoms with Gasteiger partial charge in [-0.25, -0.2) is 9.37 Å². The summed E-state index contributed by atoms with van der Waals surface area (Å²) >= 11 is 0. The van der Waals surface area contributed by atoms with Crippen molar-refractivity contribution in [2.75, 3.05) is 0 Å². The highest BCUT2D eigenvalue weighted by Gasteiger charge is 2.52. The maximum atomic E-state index is 13.1. The van der Waals surface area contributed by atoms with E-state index in [1.807, 2.05) is 0 Å². The maximum absolute atomic E-state index is 13.1. The van der Waals surface area contributed by atoms with Gasteiger partial charge in [-0.2, -0.15) is 13.2 Å². The molecule has 0 bridgehead atoms. The van der Waals surface area contributed by atoms with Crippen molar-refractivity contribution in [2.45, 2.75) is 18.6 Å². The van der Waals surface area contributed by atoms with Gasteiger partial charge in [-0.05, 0) is 25.1 Å². The van der Waals surface area contributed by atoms with Crippen LogP contribution in [0, 0.1) is 5.82 Å². The number of alkyl halides is 3. The second-order valence-corrected chi connectivity index (χ2v) is 4.33. The quantitative estimate of drug-likeness (QED) is 0.801. The molecule has 18 heavy (non-hydrogen) atoms. The fraction of sp³-hybridized carbons (Fsp3) is 0.364. The highest BCUT2D eigenvalue weighted by atomic mass is 19.4. The topological polar surface area (TPSA) is 43.8 Å². The Morgan fingerprint density at radius 3 is 2.44 bits per heavy atom. The Bertz CT molecular complexity index is 598. The monoisotopic (exact) mass is 261 g/mol. The van der Waals surface area contributed by atoms with Crippen molar-refractivity contribution in [3.63, 3.8) is 0 Å². The number of imidazole rings is 1. The van der Waals surface area contributed by atoms with Gasteiger partial charge in [-0.3, -0.25) is 0 Å². The summed E-state index contributed by atoms with van der Waals surface area (Å²) in [6, 6.07) is 3.58. The van der Waals surface area contributed by atoms with E-state index < -0.39 is 17.5 Å². The molecule has 1 aromatic heterocycles. The minimum atomic E-state index is -4.64. The molecule has 0 spiro atoms. The van der Waals surface area contributed by atoms with Crippen LogP contribution in [0.2, 0.25) is 0 Å². The van der Waals surface area contributed by atoms with Gasteiger partial charge < -0.3 is 10.3 Å². The first-order valence-electron chi connectivity index (χ1n) is 5.12. The summed E-state index contributed by atoms with van der Waals surface area (Å²) in [7, 11) is 1.38. The highest BCUT2D eigenvalue weighted by molar-refractivity contribution is 5.76. The van der Waals surface area contributed by atoms with E-state index in [2.05, 4.69) is 4.98 Å². The number of aromatic nitrogens is 2. The summed E-state index contributed by atoms with van der Waals surface area (Å²) < 4.78 is 52.8. The maximum Gasteiger partial charge on any atom is 0.413 e. The molecule has 2 aromatic rings. The number of aryl methyl sites for hydroxylation is 1. The van der Waals surface area contributed by atoms with Crippen LogP contribution in [0.3, 0.4) is 0 Å². The predicted octanol–water partition coefficient (Wildman–Crippen LogP) is 2.45. The van der Waals surface area contributed by atoms with Gasteiger partial charge in [0.2, 0.25) is 0 Å². The molecule has 0 aliphatic carbocycles. The third-order valence-corrected chi connectivity index (χ3v) is 2.90. The zero-order valence-electron chi connectivity index (χ0n) is 9.72. The Kier molecular flexibility index (Phi) is 2.62. The minimum absolute atomic E-state index is 0.269. The molecule has 0 aliphatic rings. The molecule has 0 saturated heterocycles. The van der Waals surface area contributed by atoms with Gasteiger partial charge in [-0.15, -0.1) is 0 Å². The van der Waals surface area contributed by atoms with E-state index in [1.165, 1.54) is 13.1 Å². The van der Waals surface area contributed by atoms with Gasteiger partial charge in [0.1, 0.15) is 11.6 Å². The molecule has 1 unspecified atom stereocenters. The third-order valence-electron chi connectivity index (χ3n) is 2.90. The Hall–Kier alpha value is -1.63. The standard InChI is InChI=1S/C11H11F4N3/c1-10(16,11(13,14)15)9-17-7-4-3-6(12)5-8(7)18(9)2/h3-5H,16H2,1-2H3. The summed E-state index contributed by atoms with van der Waals surface area (Å²) in [6.45, 7) is 0.838. The smallest absolute Gasteiger partial charge is 0.329 e. The molecule has 0 saturated carbocycles. The molecule has 0 fully saturated rings. The number of fused-ring (bicyclic) bond motifs is 1. The van der Waals surface area contributed by atoms with Gasteiger partial charge in [-0.1, -0.05) is 0 Å². The highest BCUT2D eigenvalue weighted by Crippen LogP contribution is 2.36. The van der Waals surface area contributed by atoms with Crippen LogP contribution in [-0.4, -0.2) is 15.7 Å². The lowest BCUT2D eigenvalue weighted by Crippen LogP contribution is -2.49. The lowest BCUT2D eigenvalue weighted by atomic mass is 10.0. The van der Waals surface area contributed by atoms with E-state index in [-0.39, 0.29) is 16.9 Å². The largest absolute Gasteiger partial charge is 0.413 e. The number of nitrogens with zero attached hydrogens (tertiary/aromatic N) is 2. The van der Waals surface area contributed by atoms with Gasteiger partial charge in [0.25, 0.3) is 0 Å². The second-order valence-electron chi connectivity index (χ2n) is 4.33. The first-order chi connectivity index (χ1) is 8.14. The first-order valence-corrected chi connectivity index (χ1v) is 5.12. The second kappa shape index (κ2) is 3.68. The van der Waals surface area contributed by atoms with Crippen LogP contribution in [-0.2, 0) is 12.6 Å². The summed E-state index contributed by atoms with van der Waals surface area (Å²) in [5, 5.41) is 0. The summed E-state index contributed by atoms with van der Waals surface area (Å²) in [4.78, 5) is 3.84. The van der Waals surface area contributed by atoms with Gasteiger partial charge in [0.05, 0.1) is 11.0 Å². The van der Waals surface area contributed by atoms with Crippen molar-refractivity contribution < 1.29 is 17.6 Å². The van der Waals surface area contributed by atoms with Crippen LogP contribution in [0.1, 0.15) is 12.7 Å². The van der Waals surface area contributed by atoms with Crippen molar-refractivity contribution in [1.29, 1.82) is 0 Å². The van der Waals surface area contributed by atoms with Crippen molar-refractivity contribution in [2.24, 2.45) is 12.8 Å².